The molecule has 1 saturated heterocycles. The summed E-state index contributed by atoms with van der Waals surface area (Å²) in [5.74, 6) is 0.160. The number of benzene rings is 1. The van der Waals surface area contributed by atoms with Crippen LogP contribution < -0.4 is 5.73 Å². The van der Waals surface area contributed by atoms with Crippen LogP contribution in [0.5, 0.6) is 0 Å². The van der Waals surface area contributed by atoms with Gasteiger partial charge in [-0.2, -0.15) is 5.26 Å². The standard InChI is InChI=1S/C15H21N3O2S/c1-12(17)15-6-3-7-18(10-15)21(19,20)11-14-5-2-4-13(8-14)9-16/h2,4-5,8,12,15H,3,6-7,10-11,17H2,1H3/t12-,15+/m1/s1. The summed E-state index contributed by atoms with van der Waals surface area (Å²) in [4.78, 5) is 0. The van der Waals surface area contributed by atoms with E-state index in [0.29, 0.717) is 24.2 Å². The molecule has 0 radical (unpaired) electrons. The summed E-state index contributed by atoms with van der Waals surface area (Å²) in [6.45, 7) is 2.98. The molecule has 0 unspecified atom stereocenters. The molecule has 0 spiro atoms. The lowest BCUT2D eigenvalue weighted by molar-refractivity contribution is 0.243. The molecule has 1 aromatic carbocycles. The second-order valence-corrected chi connectivity index (χ2v) is 7.66. The maximum absolute atomic E-state index is 12.5. The van der Waals surface area contributed by atoms with Crippen molar-refractivity contribution in [2.45, 2.75) is 31.6 Å². The highest BCUT2D eigenvalue weighted by molar-refractivity contribution is 7.88. The highest BCUT2D eigenvalue weighted by Crippen LogP contribution is 2.23. The predicted molar refractivity (Wildman–Crippen MR) is 81.7 cm³/mol. The van der Waals surface area contributed by atoms with E-state index < -0.39 is 10.0 Å². The summed E-state index contributed by atoms with van der Waals surface area (Å²) in [6.07, 6.45) is 1.83. The molecule has 5 nitrogen and oxygen atoms in total. The molecule has 2 N–H and O–H groups in total. The van der Waals surface area contributed by atoms with E-state index in [0.717, 1.165) is 12.8 Å². The summed E-state index contributed by atoms with van der Waals surface area (Å²) in [7, 11) is -3.36. The van der Waals surface area contributed by atoms with E-state index in [9.17, 15) is 8.42 Å². The van der Waals surface area contributed by atoms with Gasteiger partial charge in [0, 0.05) is 19.1 Å². The van der Waals surface area contributed by atoms with Crippen molar-refractivity contribution in [2.75, 3.05) is 13.1 Å². The van der Waals surface area contributed by atoms with Crippen LogP contribution in [0.4, 0.5) is 0 Å². The number of nitrogens with two attached hydrogens (primary N) is 1. The Morgan fingerprint density at radius 3 is 2.95 bits per heavy atom. The van der Waals surface area contributed by atoms with Gasteiger partial charge in [-0.25, -0.2) is 12.7 Å². The zero-order valence-electron chi connectivity index (χ0n) is 12.2. The van der Waals surface area contributed by atoms with Crippen LogP contribution in [-0.2, 0) is 15.8 Å². The topological polar surface area (TPSA) is 87.2 Å². The quantitative estimate of drug-likeness (QED) is 0.912. The number of nitriles is 1. The monoisotopic (exact) mass is 307 g/mol. The lowest BCUT2D eigenvalue weighted by atomic mass is 9.93. The highest BCUT2D eigenvalue weighted by Gasteiger charge is 2.30. The molecule has 6 heteroatoms. The lowest BCUT2D eigenvalue weighted by Crippen LogP contribution is -2.45. The molecule has 0 aliphatic carbocycles. The minimum atomic E-state index is -3.36. The summed E-state index contributed by atoms with van der Waals surface area (Å²) in [6, 6.07) is 8.79. The Labute approximate surface area is 126 Å². The van der Waals surface area contributed by atoms with Crippen molar-refractivity contribution in [3.63, 3.8) is 0 Å². The van der Waals surface area contributed by atoms with E-state index in [2.05, 4.69) is 0 Å². The molecule has 2 rings (SSSR count). The van der Waals surface area contributed by atoms with Crippen LogP contribution in [-0.4, -0.2) is 31.9 Å². The second-order valence-electron chi connectivity index (χ2n) is 5.69. The van der Waals surface area contributed by atoms with Gasteiger partial charge in [-0.1, -0.05) is 12.1 Å². The van der Waals surface area contributed by atoms with Crippen molar-refractivity contribution in [2.24, 2.45) is 11.7 Å². The normalized spacial score (nSPS) is 21.7. The van der Waals surface area contributed by atoms with Crippen LogP contribution in [0.25, 0.3) is 0 Å². The minimum absolute atomic E-state index is 0.00455. The fourth-order valence-electron chi connectivity index (χ4n) is 2.69. The molecule has 0 amide bonds. The van der Waals surface area contributed by atoms with E-state index in [1.54, 1.807) is 28.6 Å². The van der Waals surface area contributed by atoms with Crippen LogP contribution in [0.1, 0.15) is 30.9 Å². The first-order valence-electron chi connectivity index (χ1n) is 7.15. The average Bonchev–Trinajstić information content (AvgIpc) is 2.47. The van der Waals surface area contributed by atoms with Gasteiger partial charge in [0.05, 0.1) is 17.4 Å². The van der Waals surface area contributed by atoms with Crippen molar-refractivity contribution in [1.82, 2.24) is 4.31 Å². The third kappa shape index (κ3) is 4.03. The summed E-state index contributed by atoms with van der Waals surface area (Å²) in [5.41, 5.74) is 7.04. The molecule has 0 aromatic heterocycles. The van der Waals surface area contributed by atoms with E-state index in [1.165, 1.54) is 0 Å². The molecule has 21 heavy (non-hydrogen) atoms. The third-order valence-corrected chi connectivity index (χ3v) is 5.78. The molecule has 1 aromatic rings. The fraction of sp³-hybridized carbons (Fsp3) is 0.533. The second kappa shape index (κ2) is 6.56. The van der Waals surface area contributed by atoms with Gasteiger partial charge < -0.3 is 5.73 Å². The Bertz CT molecular complexity index is 635. The molecule has 1 aliphatic rings. The maximum atomic E-state index is 12.5. The van der Waals surface area contributed by atoms with Gasteiger partial charge in [-0.05, 0) is 43.4 Å². The highest BCUT2D eigenvalue weighted by atomic mass is 32.2. The smallest absolute Gasteiger partial charge is 0.218 e. The number of hydrogen-bond acceptors (Lipinski definition) is 4. The minimum Gasteiger partial charge on any atom is -0.328 e. The maximum Gasteiger partial charge on any atom is 0.218 e. The molecule has 1 fully saturated rings. The van der Waals surface area contributed by atoms with Gasteiger partial charge in [0.1, 0.15) is 0 Å². The van der Waals surface area contributed by atoms with Gasteiger partial charge in [-0.3, -0.25) is 0 Å². The number of sulfonamides is 1. The molecule has 0 saturated carbocycles. The predicted octanol–water partition coefficient (Wildman–Crippen LogP) is 1.45. The average molecular weight is 307 g/mol. The first-order chi connectivity index (χ1) is 9.92. The number of piperidine rings is 1. The molecule has 1 aliphatic heterocycles. The zero-order chi connectivity index (χ0) is 15.5. The van der Waals surface area contributed by atoms with Crippen molar-refractivity contribution in [1.29, 1.82) is 5.26 Å². The van der Waals surface area contributed by atoms with Crippen molar-refractivity contribution in [3.8, 4) is 6.07 Å². The molecule has 2 atom stereocenters. The van der Waals surface area contributed by atoms with Crippen LogP contribution in [0.2, 0.25) is 0 Å². The van der Waals surface area contributed by atoms with Crippen molar-refractivity contribution in [3.05, 3.63) is 35.4 Å². The molecular weight excluding hydrogens is 286 g/mol. The number of rotatable bonds is 4. The molecule has 1 heterocycles. The molecule has 114 valence electrons. The van der Waals surface area contributed by atoms with Gasteiger partial charge in [0.2, 0.25) is 10.0 Å². The Hall–Kier alpha value is -1.42. The summed E-state index contributed by atoms with van der Waals surface area (Å²) in [5, 5.41) is 8.88. The third-order valence-electron chi connectivity index (χ3n) is 3.96. The van der Waals surface area contributed by atoms with Gasteiger partial charge in [0.15, 0.2) is 0 Å². The van der Waals surface area contributed by atoms with Crippen molar-refractivity contribution >= 4 is 10.0 Å². The van der Waals surface area contributed by atoms with E-state index >= 15 is 0 Å². The van der Waals surface area contributed by atoms with Gasteiger partial charge >= 0.3 is 0 Å². The lowest BCUT2D eigenvalue weighted by Gasteiger charge is -2.33. The van der Waals surface area contributed by atoms with Crippen LogP contribution in [0.15, 0.2) is 24.3 Å². The Morgan fingerprint density at radius 1 is 1.52 bits per heavy atom. The largest absolute Gasteiger partial charge is 0.328 e. The molecule has 0 bridgehead atoms. The first kappa shape index (κ1) is 16.0. The van der Waals surface area contributed by atoms with Gasteiger partial charge in [0.25, 0.3) is 0 Å². The van der Waals surface area contributed by atoms with E-state index in [4.69, 9.17) is 11.0 Å². The van der Waals surface area contributed by atoms with Crippen LogP contribution in [0.3, 0.4) is 0 Å². The summed E-state index contributed by atoms with van der Waals surface area (Å²) < 4.78 is 26.6. The SMILES string of the molecule is C[C@@H](N)[C@H]1CCCN(S(=O)(=O)Cc2cccc(C#N)c2)C1. The Kier molecular flexibility index (Phi) is 4.99. The molecular formula is C15H21N3O2S. The zero-order valence-corrected chi connectivity index (χ0v) is 13.0. The Balaban J connectivity index is 2.12. The number of hydrogen-bond donors (Lipinski definition) is 1. The summed E-state index contributed by atoms with van der Waals surface area (Å²) >= 11 is 0. The van der Waals surface area contributed by atoms with Gasteiger partial charge in [-0.15, -0.1) is 0 Å². The van der Waals surface area contributed by atoms with Crippen LogP contribution in [0, 0.1) is 17.2 Å². The Morgan fingerprint density at radius 2 is 2.29 bits per heavy atom. The van der Waals surface area contributed by atoms with Crippen molar-refractivity contribution < 1.29 is 8.42 Å². The van der Waals surface area contributed by atoms with E-state index in [1.807, 2.05) is 13.0 Å². The van der Waals surface area contributed by atoms with E-state index in [-0.39, 0.29) is 17.7 Å². The first-order valence-corrected chi connectivity index (χ1v) is 8.76. The number of nitrogens with zero attached hydrogens (tertiary/aromatic N) is 2. The van der Waals surface area contributed by atoms with Crippen LogP contribution >= 0.6 is 0 Å². The fourth-order valence-corrected chi connectivity index (χ4v) is 4.30.